The highest BCUT2D eigenvalue weighted by molar-refractivity contribution is 5.42. The van der Waals surface area contributed by atoms with Gasteiger partial charge in [0.1, 0.15) is 0 Å². The zero-order chi connectivity index (χ0) is 12.2. The molecule has 0 unspecified atom stereocenters. The highest BCUT2D eigenvalue weighted by Gasteiger charge is 2.28. The van der Waals surface area contributed by atoms with E-state index >= 15 is 0 Å². The van der Waals surface area contributed by atoms with E-state index in [2.05, 4.69) is 4.74 Å². The van der Waals surface area contributed by atoms with Crippen LogP contribution < -0.4 is 9.47 Å². The average molecular weight is 236 g/mol. The van der Waals surface area contributed by atoms with Crippen molar-refractivity contribution in [2.24, 2.45) is 0 Å². The molecule has 0 fully saturated rings. The number of alkyl halides is 3. The Labute approximate surface area is 90.4 Å². The van der Waals surface area contributed by atoms with Crippen LogP contribution in [0.5, 0.6) is 11.5 Å². The summed E-state index contributed by atoms with van der Waals surface area (Å²) in [5.41, 5.74) is 0.538. The molecule has 1 N–H and O–H groups in total. The topological polar surface area (TPSA) is 38.7 Å². The molecule has 1 aromatic rings. The Bertz CT molecular complexity index is 350. The van der Waals surface area contributed by atoms with Crippen molar-refractivity contribution in [3.05, 3.63) is 23.8 Å². The van der Waals surface area contributed by atoms with E-state index in [1.54, 1.807) is 0 Å². The third kappa shape index (κ3) is 3.62. The monoisotopic (exact) mass is 236 g/mol. The van der Waals surface area contributed by atoms with Crippen LogP contribution in [-0.2, 0) is 6.61 Å². The molecular formula is C10H11F3O3. The predicted molar refractivity (Wildman–Crippen MR) is 50.5 cm³/mol. The number of hydrogen-bond donors (Lipinski definition) is 1. The fourth-order valence-electron chi connectivity index (χ4n) is 1.09. The van der Waals surface area contributed by atoms with E-state index in [-0.39, 0.29) is 18.1 Å². The maximum Gasteiger partial charge on any atom is 0.422 e. The number of rotatable bonds is 4. The van der Waals surface area contributed by atoms with Gasteiger partial charge in [-0.15, -0.1) is 0 Å². The minimum atomic E-state index is -4.39. The van der Waals surface area contributed by atoms with Crippen molar-refractivity contribution in [1.82, 2.24) is 0 Å². The second-order valence-electron chi connectivity index (χ2n) is 3.05. The maximum atomic E-state index is 11.9. The zero-order valence-electron chi connectivity index (χ0n) is 8.54. The maximum absolute atomic E-state index is 11.9. The van der Waals surface area contributed by atoms with E-state index in [0.29, 0.717) is 5.56 Å². The van der Waals surface area contributed by atoms with E-state index in [9.17, 15) is 13.2 Å². The van der Waals surface area contributed by atoms with Crippen LogP contribution in [0.3, 0.4) is 0 Å². The van der Waals surface area contributed by atoms with E-state index in [0.717, 1.165) is 0 Å². The fraction of sp³-hybridized carbons (Fsp3) is 0.400. The first-order valence-corrected chi connectivity index (χ1v) is 4.43. The molecule has 0 amide bonds. The van der Waals surface area contributed by atoms with Crippen molar-refractivity contribution >= 4 is 0 Å². The number of halogens is 3. The number of hydrogen-bond acceptors (Lipinski definition) is 3. The minimum absolute atomic E-state index is 0.00275. The largest absolute Gasteiger partial charge is 0.493 e. The lowest BCUT2D eigenvalue weighted by atomic mass is 10.2. The number of methoxy groups -OCH3 is 1. The van der Waals surface area contributed by atoms with Crippen LogP contribution in [-0.4, -0.2) is 25.0 Å². The van der Waals surface area contributed by atoms with Gasteiger partial charge in [-0.2, -0.15) is 13.2 Å². The molecule has 0 spiro atoms. The third-order valence-corrected chi connectivity index (χ3v) is 1.80. The van der Waals surface area contributed by atoms with Crippen LogP contribution in [0.25, 0.3) is 0 Å². The Morgan fingerprint density at radius 1 is 1.25 bits per heavy atom. The van der Waals surface area contributed by atoms with Gasteiger partial charge in [0.25, 0.3) is 0 Å². The van der Waals surface area contributed by atoms with Gasteiger partial charge in [0.15, 0.2) is 18.1 Å². The van der Waals surface area contributed by atoms with E-state index in [1.165, 1.54) is 25.3 Å². The number of benzene rings is 1. The van der Waals surface area contributed by atoms with Crippen LogP contribution in [0.15, 0.2) is 18.2 Å². The lowest BCUT2D eigenvalue weighted by Crippen LogP contribution is -2.19. The average Bonchev–Trinajstić information content (AvgIpc) is 2.25. The van der Waals surface area contributed by atoms with Gasteiger partial charge in [-0.05, 0) is 17.7 Å². The van der Waals surface area contributed by atoms with Gasteiger partial charge in [-0.3, -0.25) is 0 Å². The van der Waals surface area contributed by atoms with E-state index in [1.807, 2.05) is 0 Å². The lowest BCUT2D eigenvalue weighted by molar-refractivity contribution is -0.153. The van der Waals surface area contributed by atoms with Gasteiger partial charge >= 0.3 is 6.18 Å². The number of aliphatic hydroxyl groups is 1. The summed E-state index contributed by atoms with van der Waals surface area (Å²) in [4.78, 5) is 0. The molecule has 1 aromatic carbocycles. The predicted octanol–water partition coefficient (Wildman–Crippen LogP) is 2.13. The van der Waals surface area contributed by atoms with Crippen molar-refractivity contribution in [2.75, 3.05) is 13.7 Å². The quantitative estimate of drug-likeness (QED) is 0.870. The molecule has 0 radical (unpaired) electrons. The van der Waals surface area contributed by atoms with Crippen LogP contribution >= 0.6 is 0 Å². The summed E-state index contributed by atoms with van der Waals surface area (Å²) < 4.78 is 45.2. The van der Waals surface area contributed by atoms with Crippen LogP contribution in [0.1, 0.15) is 5.56 Å². The first kappa shape index (κ1) is 12.6. The Morgan fingerprint density at radius 2 is 1.94 bits per heavy atom. The Balaban J connectivity index is 2.79. The van der Waals surface area contributed by atoms with Gasteiger partial charge in [-0.1, -0.05) is 6.07 Å². The Hall–Kier alpha value is -1.43. The normalized spacial score (nSPS) is 11.3. The van der Waals surface area contributed by atoms with Crippen molar-refractivity contribution in [1.29, 1.82) is 0 Å². The van der Waals surface area contributed by atoms with Gasteiger partial charge < -0.3 is 14.6 Å². The van der Waals surface area contributed by atoms with Crippen molar-refractivity contribution in [3.8, 4) is 11.5 Å². The summed E-state index contributed by atoms with van der Waals surface area (Å²) in [6.45, 7) is -1.59. The second kappa shape index (κ2) is 5.07. The summed E-state index contributed by atoms with van der Waals surface area (Å²) in [7, 11) is 1.32. The van der Waals surface area contributed by atoms with Crippen LogP contribution in [0.4, 0.5) is 13.2 Å². The second-order valence-corrected chi connectivity index (χ2v) is 3.05. The molecule has 16 heavy (non-hydrogen) atoms. The first-order valence-electron chi connectivity index (χ1n) is 4.43. The molecule has 0 aliphatic carbocycles. The molecule has 0 saturated heterocycles. The highest BCUT2D eigenvalue weighted by Crippen LogP contribution is 2.29. The molecule has 6 heteroatoms. The number of ether oxygens (including phenoxy) is 2. The van der Waals surface area contributed by atoms with Crippen molar-refractivity contribution < 1.29 is 27.8 Å². The first-order chi connectivity index (χ1) is 7.46. The van der Waals surface area contributed by atoms with Gasteiger partial charge in [-0.25, -0.2) is 0 Å². The molecule has 0 atom stereocenters. The Kier molecular flexibility index (Phi) is 4.00. The molecule has 1 rings (SSSR count). The van der Waals surface area contributed by atoms with Crippen LogP contribution in [0, 0.1) is 0 Å². The van der Waals surface area contributed by atoms with Gasteiger partial charge in [0.2, 0.25) is 0 Å². The van der Waals surface area contributed by atoms with Gasteiger partial charge in [0.05, 0.1) is 13.7 Å². The SMILES string of the molecule is COc1cc(CO)ccc1OCC(F)(F)F. The highest BCUT2D eigenvalue weighted by atomic mass is 19.4. The molecular weight excluding hydrogens is 225 g/mol. The molecule has 3 nitrogen and oxygen atoms in total. The molecule has 0 aliphatic heterocycles. The van der Waals surface area contributed by atoms with Crippen molar-refractivity contribution in [2.45, 2.75) is 12.8 Å². The molecule has 0 heterocycles. The molecule has 90 valence electrons. The summed E-state index contributed by atoms with van der Waals surface area (Å²) >= 11 is 0. The van der Waals surface area contributed by atoms with E-state index < -0.39 is 12.8 Å². The Morgan fingerprint density at radius 3 is 2.44 bits per heavy atom. The summed E-state index contributed by atoms with van der Waals surface area (Å²) in [5, 5.41) is 8.83. The smallest absolute Gasteiger partial charge is 0.422 e. The molecule has 0 aromatic heterocycles. The van der Waals surface area contributed by atoms with Crippen molar-refractivity contribution in [3.63, 3.8) is 0 Å². The number of aliphatic hydroxyl groups excluding tert-OH is 1. The van der Waals surface area contributed by atoms with E-state index in [4.69, 9.17) is 9.84 Å². The van der Waals surface area contributed by atoms with Crippen LogP contribution in [0.2, 0.25) is 0 Å². The standard InChI is InChI=1S/C10H11F3O3/c1-15-9-4-7(5-14)2-3-8(9)16-6-10(11,12)13/h2-4,14H,5-6H2,1H3. The minimum Gasteiger partial charge on any atom is -0.493 e. The zero-order valence-corrected chi connectivity index (χ0v) is 8.54. The van der Waals surface area contributed by atoms with Gasteiger partial charge in [0, 0.05) is 0 Å². The summed E-state index contributed by atoms with van der Waals surface area (Å²) in [6, 6.07) is 4.22. The molecule has 0 saturated carbocycles. The fourth-order valence-corrected chi connectivity index (χ4v) is 1.09. The summed E-state index contributed by atoms with van der Waals surface area (Å²) in [5.74, 6) is 0.160. The molecule has 0 bridgehead atoms. The molecule has 0 aliphatic rings. The lowest BCUT2D eigenvalue weighted by Gasteiger charge is -2.12. The third-order valence-electron chi connectivity index (χ3n) is 1.80. The summed E-state index contributed by atoms with van der Waals surface area (Å²) in [6.07, 6.45) is -4.39.